The van der Waals surface area contributed by atoms with Gasteiger partial charge in [-0.15, -0.1) is 6.42 Å². The number of hydrogen-bond donors (Lipinski definition) is 1. The molecule has 0 radical (unpaired) electrons. The standard InChI is InChI=1S/C10H16OSi.C5H5.2ClH.Ti/c1-8-5-9(11)7-10(6-8)12(2,3)4;1-2-4-5-3-1;;;/h5-7,11H,1-4H3;1-3H,4H2;2*1H;/q;-1;;;/p-2. The van der Waals surface area contributed by atoms with Gasteiger partial charge in [-0.05, 0) is 24.6 Å². The fourth-order valence-electron chi connectivity index (χ4n) is 1.54. The third-order valence-electron chi connectivity index (χ3n) is 2.51. The van der Waals surface area contributed by atoms with Crippen molar-refractivity contribution in [3.05, 3.63) is 48.1 Å². The Morgan fingerprint density at radius 2 is 1.70 bits per heavy atom. The van der Waals surface area contributed by atoms with Gasteiger partial charge < -0.3 is 29.9 Å². The third kappa shape index (κ3) is 9.84. The summed E-state index contributed by atoms with van der Waals surface area (Å²) in [6.45, 7) is 8.85. The SMILES string of the molecule is Cc1cc(O)cc([Si](C)(C)C)c1.[C-]1=CC=CC1.[Cl-].[Cl-].[Ti]. The van der Waals surface area contributed by atoms with E-state index in [0.29, 0.717) is 5.75 Å². The van der Waals surface area contributed by atoms with Crippen molar-refractivity contribution in [2.75, 3.05) is 0 Å². The molecule has 0 bridgehead atoms. The molecule has 20 heavy (non-hydrogen) atoms. The molecule has 1 aromatic rings. The first kappa shape index (κ1) is 25.0. The van der Waals surface area contributed by atoms with Gasteiger partial charge in [0.15, 0.2) is 0 Å². The molecule has 0 heterocycles. The molecule has 0 atom stereocenters. The van der Waals surface area contributed by atoms with Gasteiger partial charge in [0.1, 0.15) is 5.75 Å². The Hall–Kier alpha value is 0.0112. The largest absolute Gasteiger partial charge is 1.00 e. The summed E-state index contributed by atoms with van der Waals surface area (Å²) in [6, 6.07) is 5.86. The van der Waals surface area contributed by atoms with Gasteiger partial charge in [0, 0.05) is 21.7 Å². The normalized spacial score (nSPS) is 11.4. The van der Waals surface area contributed by atoms with E-state index in [0.717, 1.165) is 12.0 Å². The first-order valence-corrected chi connectivity index (χ1v) is 9.42. The maximum atomic E-state index is 9.38. The Kier molecular flexibility index (Phi) is 14.6. The summed E-state index contributed by atoms with van der Waals surface area (Å²) < 4.78 is 0. The Morgan fingerprint density at radius 1 is 1.10 bits per heavy atom. The summed E-state index contributed by atoms with van der Waals surface area (Å²) >= 11 is 0. The monoisotopic (exact) mass is 363 g/mol. The van der Waals surface area contributed by atoms with E-state index in [9.17, 15) is 5.11 Å². The van der Waals surface area contributed by atoms with Crippen LogP contribution in [0.1, 0.15) is 12.0 Å². The third-order valence-corrected chi connectivity index (χ3v) is 4.53. The van der Waals surface area contributed by atoms with E-state index in [1.54, 1.807) is 6.07 Å². The minimum atomic E-state index is -1.26. The Balaban J connectivity index is -0.000000312. The van der Waals surface area contributed by atoms with Crippen molar-refractivity contribution in [2.24, 2.45) is 0 Å². The minimum absolute atomic E-state index is 0. The smallest absolute Gasteiger partial charge is 0.115 e. The molecule has 0 saturated heterocycles. The molecule has 0 amide bonds. The molecule has 0 unspecified atom stereocenters. The zero-order valence-electron chi connectivity index (χ0n) is 12.4. The van der Waals surface area contributed by atoms with Gasteiger partial charge in [0.05, 0.1) is 8.07 Å². The second-order valence-corrected chi connectivity index (χ2v) is 10.4. The van der Waals surface area contributed by atoms with Crippen LogP contribution in [-0.2, 0) is 21.7 Å². The van der Waals surface area contributed by atoms with Crippen LogP contribution in [0.3, 0.4) is 0 Å². The van der Waals surface area contributed by atoms with E-state index in [1.807, 2.05) is 25.1 Å². The fourth-order valence-corrected chi connectivity index (χ4v) is 2.78. The molecule has 1 aliphatic carbocycles. The van der Waals surface area contributed by atoms with Crippen LogP contribution in [0, 0.1) is 13.0 Å². The summed E-state index contributed by atoms with van der Waals surface area (Å²) in [5, 5.41) is 10.7. The number of aryl methyl sites for hydroxylation is 1. The second-order valence-electron chi connectivity index (χ2n) is 5.31. The molecule has 5 heteroatoms. The fraction of sp³-hybridized carbons (Fsp3) is 0.333. The zero-order chi connectivity index (χ0) is 12.9. The van der Waals surface area contributed by atoms with Crippen LogP contribution in [0.25, 0.3) is 0 Å². The van der Waals surface area contributed by atoms with E-state index in [-0.39, 0.29) is 46.5 Å². The summed E-state index contributed by atoms with van der Waals surface area (Å²) in [7, 11) is -1.26. The van der Waals surface area contributed by atoms with Crippen LogP contribution >= 0.6 is 0 Å². The molecule has 0 aromatic heterocycles. The summed E-state index contributed by atoms with van der Waals surface area (Å²) in [6.07, 6.45) is 10.0. The van der Waals surface area contributed by atoms with Gasteiger partial charge in [-0.1, -0.05) is 30.9 Å². The van der Waals surface area contributed by atoms with Gasteiger partial charge in [0.2, 0.25) is 0 Å². The first-order chi connectivity index (χ1) is 7.89. The van der Waals surface area contributed by atoms with E-state index in [4.69, 9.17) is 0 Å². The molecule has 1 aliphatic rings. The van der Waals surface area contributed by atoms with Crippen LogP contribution in [0.5, 0.6) is 5.75 Å². The molecule has 1 nitrogen and oxygen atoms in total. The van der Waals surface area contributed by atoms with Gasteiger partial charge in [0.25, 0.3) is 0 Å². The van der Waals surface area contributed by atoms with Crippen molar-refractivity contribution in [3.8, 4) is 5.75 Å². The summed E-state index contributed by atoms with van der Waals surface area (Å²) in [4.78, 5) is 0. The van der Waals surface area contributed by atoms with Gasteiger partial charge in [-0.2, -0.15) is 6.08 Å². The van der Waals surface area contributed by atoms with Crippen LogP contribution in [0.2, 0.25) is 19.6 Å². The van der Waals surface area contributed by atoms with Gasteiger partial charge >= 0.3 is 0 Å². The number of rotatable bonds is 1. The number of hydrogen-bond acceptors (Lipinski definition) is 1. The molecule has 0 spiro atoms. The molecule has 112 valence electrons. The molecule has 1 N–H and O–H groups in total. The predicted octanol–water partition coefficient (Wildman–Crippen LogP) is -2.44. The Labute approximate surface area is 151 Å². The van der Waals surface area contributed by atoms with E-state index >= 15 is 0 Å². The minimum Gasteiger partial charge on any atom is -1.00 e. The van der Waals surface area contributed by atoms with Crippen molar-refractivity contribution in [1.82, 2.24) is 0 Å². The van der Waals surface area contributed by atoms with E-state index in [1.165, 1.54) is 5.19 Å². The quantitative estimate of drug-likeness (QED) is 0.434. The van der Waals surface area contributed by atoms with Crippen molar-refractivity contribution in [3.63, 3.8) is 0 Å². The van der Waals surface area contributed by atoms with E-state index in [2.05, 4.69) is 37.9 Å². The van der Waals surface area contributed by atoms with Crippen LogP contribution in [0.15, 0.2) is 36.4 Å². The number of benzene rings is 1. The molecule has 1 aromatic carbocycles. The van der Waals surface area contributed by atoms with Gasteiger partial charge in [-0.25, -0.2) is 12.2 Å². The molecular formula is C15H21Cl2OSiTi-3. The Morgan fingerprint density at radius 3 is 2.00 bits per heavy atom. The molecule has 0 fully saturated rings. The molecule has 2 rings (SSSR count). The average molecular weight is 364 g/mol. The Bertz CT molecular complexity index is 410. The molecule has 0 aliphatic heterocycles. The van der Waals surface area contributed by atoms with Crippen molar-refractivity contribution in [1.29, 1.82) is 0 Å². The molecule has 0 saturated carbocycles. The topological polar surface area (TPSA) is 20.2 Å². The molecular weight excluding hydrogens is 343 g/mol. The first-order valence-electron chi connectivity index (χ1n) is 5.92. The van der Waals surface area contributed by atoms with Gasteiger partial charge in [-0.3, -0.25) is 6.08 Å². The van der Waals surface area contributed by atoms with Crippen molar-refractivity contribution < 1.29 is 51.6 Å². The summed E-state index contributed by atoms with van der Waals surface area (Å²) in [5.74, 6) is 0.396. The number of phenolic OH excluding ortho intramolecular Hbond substituents is 1. The predicted molar refractivity (Wildman–Crippen MR) is 77.4 cm³/mol. The number of aromatic hydroxyl groups is 1. The number of allylic oxidation sites excluding steroid dienone is 4. The maximum Gasteiger partial charge on any atom is 0.115 e. The van der Waals surface area contributed by atoms with Crippen molar-refractivity contribution >= 4 is 13.3 Å². The van der Waals surface area contributed by atoms with E-state index < -0.39 is 8.07 Å². The average Bonchev–Trinajstić information content (AvgIpc) is 2.72. The van der Waals surface area contributed by atoms with Crippen LogP contribution in [0.4, 0.5) is 0 Å². The number of phenols is 1. The zero-order valence-corrected chi connectivity index (χ0v) is 16.4. The van der Waals surface area contributed by atoms with Crippen LogP contribution in [-0.4, -0.2) is 13.2 Å². The number of halogens is 2. The maximum absolute atomic E-state index is 9.38. The second kappa shape index (κ2) is 11.6. The van der Waals surface area contributed by atoms with Crippen molar-refractivity contribution in [2.45, 2.75) is 33.0 Å². The van der Waals surface area contributed by atoms with Crippen LogP contribution < -0.4 is 30.0 Å². The summed E-state index contributed by atoms with van der Waals surface area (Å²) in [5.41, 5.74) is 1.15.